The summed E-state index contributed by atoms with van der Waals surface area (Å²) in [5, 5.41) is 4.10. The van der Waals surface area contributed by atoms with Crippen molar-refractivity contribution in [3.8, 4) is 5.75 Å². The number of piperidine rings is 1. The van der Waals surface area contributed by atoms with Crippen molar-refractivity contribution in [1.82, 2.24) is 14.5 Å². The Morgan fingerprint density at radius 2 is 2.08 bits per heavy atom. The number of amides is 1. The molecule has 0 saturated carbocycles. The van der Waals surface area contributed by atoms with Crippen molar-refractivity contribution >= 4 is 34.7 Å². The Bertz CT molecular complexity index is 763. The third-order valence-electron chi connectivity index (χ3n) is 4.65. The normalized spacial score (nSPS) is 20.1. The zero-order chi connectivity index (χ0) is 17.2. The minimum atomic E-state index is -0.502. The van der Waals surface area contributed by atoms with Crippen LogP contribution in [0.2, 0.25) is 4.34 Å². The van der Waals surface area contributed by atoms with Crippen LogP contribution in [-0.4, -0.2) is 46.1 Å². The van der Waals surface area contributed by atoms with Gasteiger partial charge >= 0.3 is 0 Å². The van der Waals surface area contributed by atoms with Gasteiger partial charge in [-0.15, -0.1) is 5.10 Å². The highest BCUT2D eigenvalue weighted by Crippen LogP contribution is 2.35. The second-order valence-electron chi connectivity index (χ2n) is 6.33. The Hall–Kier alpha value is -1.86. The van der Waals surface area contributed by atoms with Gasteiger partial charge in [0.15, 0.2) is 6.10 Å². The lowest BCUT2D eigenvalue weighted by atomic mass is 10.1. The van der Waals surface area contributed by atoms with Gasteiger partial charge in [-0.25, -0.2) is 0 Å². The van der Waals surface area contributed by atoms with Crippen LogP contribution in [-0.2, 0) is 11.3 Å². The standard InChI is InChI=1S/C17H19ClN4O2S/c18-16-12(19-20-25-16)10-22-11-15(17(23)21-8-4-1-5-9-21)24-14-7-3-2-6-13(14)22/h2-3,6-7,15H,1,4-5,8-11H2/t15-/m0/s1. The molecule has 1 aromatic heterocycles. The minimum absolute atomic E-state index is 0.0710. The molecule has 8 heteroatoms. The van der Waals surface area contributed by atoms with Gasteiger partial charge in [-0.05, 0) is 31.4 Å². The zero-order valence-corrected chi connectivity index (χ0v) is 15.3. The van der Waals surface area contributed by atoms with Gasteiger partial charge in [0.1, 0.15) is 15.8 Å². The average molecular weight is 379 g/mol. The lowest BCUT2D eigenvalue weighted by molar-refractivity contribution is -0.139. The lowest BCUT2D eigenvalue weighted by Crippen LogP contribution is -2.51. The van der Waals surface area contributed by atoms with E-state index in [0.717, 1.165) is 43.1 Å². The molecule has 3 heterocycles. The van der Waals surface area contributed by atoms with Crippen molar-refractivity contribution in [3.63, 3.8) is 0 Å². The summed E-state index contributed by atoms with van der Waals surface area (Å²) in [5.41, 5.74) is 1.68. The van der Waals surface area contributed by atoms with Gasteiger partial charge in [-0.3, -0.25) is 4.79 Å². The Kier molecular flexibility index (Phi) is 4.76. The summed E-state index contributed by atoms with van der Waals surface area (Å²) >= 11 is 7.34. The summed E-state index contributed by atoms with van der Waals surface area (Å²) in [6.45, 7) is 2.64. The van der Waals surface area contributed by atoms with E-state index in [4.69, 9.17) is 16.3 Å². The SMILES string of the molecule is O=C([C@@H]1CN(Cc2nnsc2Cl)c2ccccc2O1)N1CCCCC1. The van der Waals surface area contributed by atoms with Gasteiger partial charge in [-0.1, -0.05) is 28.2 Å². The van der Waals surface area contributed by atoms with Crippen LogP contribution in [0.4, 0.5) is 5.69 Å². The fraction of sp³-hybridized carbons (Fsp3) is 0.471. The second-order valence-corrected chi connectivity index (χ2v) is 7.69. The molecule has 132 valence electrons. The van der Waals surface area contributed by atoms with Crippen LogP contribution in [0.1, 0.15) is 25.0 Å². The highest BCUT2D eigenvalue weighted by atomic mass is 35.5. The minimum Gasteiger partial charge on any atom is -0.477 e. The van der Waals surface area contributed by atoms with E-state index >= 15 is 0 Å². The quantitative estimate of drug-likeness (QED) is 0.821. The van der Waals surface area contributed by atoms with Crippen molar-refractivity contribution in [2.45, 2.75) is 31.9 Å². The molecule has 6 nitrogen and oxygen atoms in total. The number of hydrogen-bond donors (Lipinski definition) is 0. The molecule has 2 aromatic rings. The first kappa shape index (κ1) is 16.6. The number of rotatable bonds is 3. The second kappa shape index (κ2) is 7.17. The maximum atomic E-state index is 12.9. The van der Waals surface area contributed by atoms with Crippen LogP contribution >= 0.6 is 23.1 Å². The molecule has 0 aliphatic carbocycles. The van der Waals surface area contributed by atoms with Gasteiger partial charge in [0.05, 0.1) is 18.8 Å². The van der Waals surface area contributed by atoms with E-state index < -0.39 is 6.10 Å². The molecule has 1 saturated heterocycles. The van der Waals surface area contributed by atoms with Gasteiger partial charge in [-0.2, -0.15) is 0 Å². The van der Waals surface area contributed by atoms with Crippen LogP contribution < -0.4 is 9.64 Å². The molecule has 0 N–H and O–H groups in total. The first-order valence-corrected chi connectivity index (χ1v) is 9.63. The largest absolute Gasteiger partial charge is 0.477 e. The van der Waals surface area contributed by atoms with Crippen molar-refractivity contribution < 1.29 is 9.53 Å². The molecular formula is C17H19ClN4O2S. The predicted octanol–water partition coefficient (Wildman–Crippen LogP) is 2.97. The molecule has 2 aliphatic heterocycles. The molecule has 1 amide bonds. The first-order chi connectivity index (χ1) is 12.2. The number of fused-ring (bicyclic) bond motifs is 1. The average Bonchev–Trinajstić information content (AvgIpc) is 3.06. The van der Waals surface area contributed by atoms with Crippen molar-refractivity contribution in [1.29, 1.82) is 0 Å². The van der Waals surface area contributed by atoms with E-state index in [2.05, 4.69) is 14.5 Å². The topological polar surface area (TPSA) is 58.6 Å². The predicted molar refractivity (Wildman–Crippen MR) is 97.3 cm³/mol. The molecule has 4 rings (SSSR count). The molecular weight excluding hydrogens is 360 g/mol. The molecule has 0 unspecified atom stereocenters. The molecule has 2 aliphatic rings. The van der Waals surface area contributed by atoms with Crippen LogP contribution in [0.3, 0.4) is 0 Å². The monoisotopic (exact) mass is 378 g/mol. The van der Waals surface area contributed by atoms with Crippen LogP contribution in [0, 0.1) is 0 Å². The van der Waals surface area contributed by atoms with Gasteiger partial charge < -0.3 is 14.5 Å². The van der Waals surface area contributed by atoms with Gasteiger partial charge in [0.2, 0.25) is 0 Å². The molecule has 25 heavy (non-hydrogen) atoms. The van der Waals surface area contributed by atoms with E-state index in [9.17, 15) is 4.79 Å². The number of ether oxygens (including phenoxy) is 1. The number of likely N-dealkylation sites (tertiary alicyclic amines) is 1. The van der Waals surface area contributed by atoms with Crippen molar-refractivity contribution in [3.05, 3.63) is 34.3 Å². The smallest absolute Gasteiger partial charge is 0.265 e. The fourth-order valence-electron chi connectivity index (χ4n) is 3.38. The molecule has 1 fully saturated rings. The summed E-state index contributed by atoms with van der Waals surface area (Å²) < 4.78 is 10.5. The Morgan fingerprint density at radius 3 is 2.84 bits per heavy atom. The lowest BCUT2D eigenvalue weighted by Gasteiger charge is -2.38. The fourth-order valence-corrected chi connectivity index (χ4v) is 3.99. The van der Waals surface area contributed by atoms with E-state index in [1.165, 1.54) is 18.0 Å². The van der Waals surface area contributed by atoms with E-state index in [1.54, 1.807) is 0 Å². The van der Waals surface area contributed by atoms with E-state index in [0.29, 0.717) is 17.4 Å². The van der Waals surface area contributed by atoms with Crippen molar-refractivity contribution in [2.75, 3.05) is 24.5 Å². The summed E-state index contributed by atoms with van der Waals surface area (Å²) in [4.78, 5) is 16.9. The summed E-state index contributed by atoms with van der Waals surface area (Å²) in [6, 6.07) is 7.77. The third-order valence-corrected chi connectivity index (χ3v) is 5.64. The molecule has 0 bridgehead atoms. The number of benzene rings is 1. The summed E-state index contributed by atoms with van der Waals surface area (Å²) in [5.74, 6) is 0.796. The zero-order valence-electron chi connectivity index (χ0n) is 13.7. The Balaban J connectivity index is 1.57. The number of carbonyl (C=O) groups is 1. The van der Waals surface area contributed by atoms with Crippen LogP contribution in [0.15, 0.2) is 24.3 Å². The highest BCUT2D eigenvalue weighted by molar-refractivity contribution is 7.10. The highest BCUT2D eigenvalue weighted by Gasteiger charge is 2.34. The molecule has 1 atom stereocenters. The Labute approximate surface area is 155 Å². The number of para-hydroxylation sites is 2. The molecule has 1 aromatic carbocycles. The summed E-state index contributed by atoms with van der Waals surface area (Å²) in [7, 11) is 0. The van der Waals surface area contributed by atoms with Crippen molar-refractivity contribution in [2.24, 2.45) is 0 Å². The number of carbonyl (C=O) groups excluding carboxylic acids is 1. The first-order valence-electron chi connectivity index (χ1n) is 8.48. The number of aromatic nitrogens is 2. The third kappa shape index (κ3) is 3.43. The van der Waals surface area contributed by atoms with Crippen LogP contribution in [0.25, 0.3) is 0 Å². The van der Waals surface area contributed by atoms with Gasteiger partial charge in [0, 0.05) is 24.6 Å². The molecule has 0 radical (unpaired) electrons. The number of halogens is 1. The maximum Gasteiger partial charge on any atom is 0.265 e. The van der Waals surface area contributed by atoms with Crippen LogP contribution in [0.5, 0.6) is 5.75 Å². The summed E-state index contributed by atoms with van der Waals surface area (Å²) in [6.07, 6.45) is 2.83. The Morgan fingerprint density at radius 1 is 1.28 bits per heavy atom. The maximum absolute atomic E-state index is 12.9. The molecule has 0 spiro atoms. The number of anilines is 1. The number of nitrogens with zero attached hydrogens (tertiary/aromatic N) is 4. The van der Waals surface area contributed by atoms with E-state index in [1.807, 2.05) is 29.2 Å². The van der Waals surface area contributed by atoms with Gasteiger partial charge in [0.25, 0.3) is 5.91 Å². The number of hydrogen-bond acceptors (Lipinski definition) is 6. The van der Waals surface area contributed by atoms with E-state index in [-0.39, 0.29) is 5.91 Å².